The molecule has 1 heterocycles. The lowest BCUT2D eigenvalue weighted by molar-refractivity contribution is 0.0707. The van der Waals surface area contributed by atoms with Crippen LogP contribution in [0.25, 0.3) is 0 Å². The molecule has 0 aliphatic carbocycles. The maximum absolute atomic E-state index is 12.1. The second-order valence-electron chi connectivity index (χ2n) is 6.31. The van der Waals surface area contributed by atoms with E-state index in [0.29, 0.717) is 5.56 Å². The molecule has 2 aromatic carbocycles. The number of anilines is 2. The fraction of sp³-hybridized carbons (Fsp3) is 0.350. The Kier molecular flexibility index (Phi) is 5.56. The van der Waals surface area contributed by atoms with Crippen molar-refractivity contribution < 1.29 is 10.0 Å². The molecule has 1 amide bonds. The predicted molar refractivity (Wildman–Crippen MR) is 101 cm³/mol. The van der Waals surface area contributed by atoms with E-state index >= 15 is 0 Å². The summed E-state index contributed by atoms with van der Waals surface area (Å²) in [5.74, 6) is -0.446. The van der Waals surface area contributed by atoms with Crippen LogP contribution in [-0.2, 0) is 6.42 Å². The van der Waals surface area contributed by atoms with E-state index in [1.165, 1.54) is 5.69 Å². The number of hydrogen-bond donors (Lipinski definition) is 2. The van der Waals surface area contributed by atoms with Crippen molar-refractivity contribution in [1.82, 2.24) is 5.48 Å². The van der Waals surface area contributed by atoms with Crippen molar-refractivity contribution in [2.75, 3.05) is 36.0 Å². The third-order valence-electron chi connectivity index (χ3n) is 4.70. The predicted octanol–water partition coefficient (Wildman–Crippen LogP) is 3.08. The molecule has 1 aliphatic heterocycles. The van der Waals surface area contributed by atoms with Crippen LogP contribution in [0.5, 0.6) is 0 Å². The topological polar surface area (TPSA) is 55.8 Å². The molecule has 3 rings (SSSR count). The zero-order chi connectivity index (χ0) is 17.6. The molecule has 0 radical (unpaired) electrons. The highest BCUT2D eigenvalue weighted by Gasteiger charge is 2.23. The summed E-state index contributed by atoms with van der Waals surface area (Å²) in [7, 11) is 0. The van der Waals surface area contributed by atoms with Crippen LogP contribution in [0, 0.1) is 0 Å². The van der Waals surface area contributed by atoms with E-state index in [1.807, 2.05) is 12.1 Å². The van der Waals surface area contributed by atoms with Crippen molar-refractivity contribution in [3.63, 3.8) is 0 Å². The Hall–Kier alpha value is -2.53. The van der Waals surface area contributed by atoms with Gasteiger partial charge in [-0.25, -0.2) is 5.48 Å². The summed E-state index contributed by atoms with van der Waals surface area (Å²) >= 11 is 0. The molecule has 0 spiro atoms. The number of hydrogen-bond acceptors (Lipinski definition) is 4. The van der Waals surface area contributed by atoms with Crippen LogP contribution in [0.15, 0.2) is 48.5 Å². The maximum Gasteiger partial charge on any atom is 0.276 e. The molecule has 1 fully saturated rings. The lowest BCUT2D eigenvalue weighted by Gasteiger charge is -2.39. The average Bonchev–Trinajstić information content (AvgIpc) is 2.68. The van der Waals surface area contributed by atoms with E-state index in [-0.39, 0.29) is 0 Å². The summed E-state index contributed by atoms with van der Waals surface area (Å²) in [6, 6.07) is 16.2. The number of carbonyl (C=O) groups excluding carboxylic acids is 1. The first-order valence-electron chi connectivity index (χ1n) is 8.86. The molecular formula is C20H25N3O2. The van der Waals surface area contributed by atoms with Gasteiger partial charge in [-0.05, 0) is 30.2 Å². The number of aryl methyl sites for hydroxylation is 1. The highest BCUT2D eigenvalue weighted by atomic mass is 16.5. The highest BCUT2D eigenvalue weighted by Crippen LogP contribution is 2.29. The number of nitrogens with one attached hydrogen (secondary N) is 1. The minimum atomic E-state index is -0.446. The van der Waals surface area contributed by atoms with E-state index in [0.717, 1.165) is 50.3 Å². The standard InChI is InChI=1S/C20H25N3O2/c1-2-7-16-8-6-11-18(20(24)21-25)19(16)23-14-12-22(13-15-23)17-9-4-3-5-10-17/h3-6,8-11,25H,2,7,12-15H2,1H3,(H,21,24). The quantitative estimate of drug-likeness (QED) is 0.649. The van der Waals surface area contributed by atoms with Gasteiger partial charge >= 0.3 is 0 Å². The summed E-state index contributed by atoms with van der Waals surface area (Å²) in [5, 5.41) is 9.10. The molecule has 2 aromatic rings. The highest BCUT2D eigenvalue weighted by molar-refractivity contribution is 6.00. The Bertz CT molecular complexity index is 710. The number of para-hydroxylation sites is 2. The van der Waals surface area contributed by atoms with Crippen LogP contribution in [0.1, 0.15) is 29.3 Å². The first-order chi connectivity index (χ1) is 12.2. The van der Waals surface area contributed by atoms with Crippen molar-refractivity contribution in [3.05, 3.63) is 59.7 Å². The number of amides is 1. The second kappa shape index (κ2) is 8.03. The molecule has 5 nitrogen and oxygen atoms in total. The summed E-state index contributed by atoms with van der Waals surface area (Å²) < 4.78 is 0. The molecular weight excluding hydrogens is 314 g/mol. The normalized spacial score (nSPS) is 14.5. The Morgan fingerprint density at radius 2 is 1.68 bits per heavy atom. The van der Waals surface area contributed by atoms with Crippen molar-refractivity contribution in [3.8, 4) is 0 Å². The molecule has 0 unspecified atom stereocenters. The number of carbonyl (C=O) groups is 1. The number of hydroxylamine groups is 1. The van der Waals surface area contributed by atoms with E-state index in [9.17, 15) is 4.79 Å². The van der Waals surface area contributed by atoms with Gasteiger partial charge in [0.25, 0.3) is 5.91 Å². The Balaban J connectivity index is 1.83. The van der Waals surface area contributed by atoms with Gasteiger partial charge in [0.15, 0.2) is 0 Å². The average molecular weight is 339 g/mol. The molecule has 25 heavy (non-hydrogen) atoms. The minimum Gasteiger partial charge on any atom is -0.368 e. The van der Waals surface area contributed by atoms with Crippen molar-refractivity contribution in [1.29, 1.82) is 0 Å². The minimum absolute atomic E-state index is 0.446. The zero-order valence-electron chi connectivity index (χ0n) is 14.6. The third-order valence-corrected chi connectivity index (χ3v) is 4.70. The molecule has 0 atom stereocenters. The lowest BCUT2D eigenvalue weighted by atomic mass is 10.0. The van der Waals surface area contributed by atoms with Gasteiger partial charge in [-0.3, -0.25) is 10.0 Å². The molecule has 1 aliphatic rings. The largest absolute Gasteiger partial charge is 0.368 e. The van der Waals surface area contributed by atoms with Gasteiger partial charge in [0.1, 0.15) is 0 Å². The number of benzene rings is 2. The van der Waals surface area contributed by atoms with Crippen LogP contribution in [0.2, 0.25) is 0 Å². The molecule has 2 N–H and O–H groups in total. The number of nitrogens with zero attached hydrogens (tertiary/aromatic N) is 2. The Morgan fingerprint density at radius 1 is 1.00 bits per heavy atom. The van der Waals surface area contributed by atoms with Crippen LogP contribution >= 0.6 is 0 Å². The zero-order valence-corrected chi connectivity index (χ0v) is 14.6. The lowest BCUT2D eigenvalue weighted by Crippen LogP contribution is -2.47. The van der Waals surface area contributed by atoms with E-state index < -0.39 is 5.91 Å². The van der Waals surface area contributed by atoms with Crippen molar-refractivity contribution in [2.45, 2.75) is 19.8 Å². The number of piperazine rings is 1. The Labute approximate surface area is 148 Å². The smallest absolute Gasteiger partial charge is 0.276 e. The van der Waals surface area contributed by atoms with Gasteiger partial charge in [-0.15, -0.1) is 0 Å². The van der Waals surface area contributed by atoms with Crippen LogP contribution < -0.4 is 15.3 Å². The molecule has 0 aromatic heterocycles. The molecule has 0 bridgehead atoms. The van der Waals surface area contributed by atoms with Gasteiger partial charge in [-0.2, -0.15) is 0 Å². The third kappa shape index (κ3) is 3.77. The molecule has 0 saturated carbocycles. The van der Waals surface area contributed by atoms with E-state index in [2.05, 4.69) is 47.1 Å². The molecule has 1 saturated heterocycles. The second-order valence-corrected chi connectivity index (χ2v) is 6.31. The van der Waals surface area contributed by atoms with Crippen molar-refractivity contribution >= 4 is 17.3 Å². The van der Waals surface area contributed by atoms with Gasteiger partial charge in [0.05, 0.1) is 11.3 Å². The van der Waals surface area contributed by atoms with Gasteiger partial charge in [0.2, 0.25) is 0 Å². The number of rotatable bonds is 5. The van der Waals surface area contributed by atoms with Gasteiger partial charge in [-0.1, -0.05) is 43.7 Å². The molecule has 5 heteroatoms. The van der Waals surface area contributed by atoms with Gasteiger partial charge < -0.3 is 9.80 Å². The summed E-state index contributed by atoms with van der Waals surface area (Å²) in [6.07, 6.45) is 1.93. The van der Waals surface area contributed by atoms with Crippen molar-refractivity contribution in [2.24, 2.45) is 0 Å². The first-order valence-corrected chi connectivity index (χ1v) is 8.86. The van der Waals surface area contributed by atoms with E-state index in [4.69, 9.17) is 5.21 Å². The SMILES string of the molecule is CCCc1cccc(C(=O)NO)c1N1CCN(c2ccccc2)CC1. The van der Waals surface area contributed by atoms with Crippen LogP contribution in [0.3, 0.4) is 0 Å². The summed E-state index contributed by atoms with van der Waals surface area (Å²) in [4.78, 5) is 16.8. The monoisotopic (exact) mass is 339 g/mol. The Morgan fingerprint density at radius 3 is 2.32 bits per heavy atom. The summed E-state index contributed by atoms with van der Waals surface area (Å²) in [5.41, 5.74) is 5.69. The van der Waals surface area contributed by atoms with E-state index in [1.54, 1.807) is 11.5 Å². The summed E-state index contributed by atoms with van der Waals surface area (Å²) in [6.45, 7) is 5.65. The first kappa shape index (κ1) is 17.3. The van der Waals surface area contributed by atoms with Gasteiger partial charge in [0, 0.05) is 31.9 Å². The maximum atomic E-state index is 12.1. The fourth-order valence-corrected chi connectivity index (χ4v) is 3.51. The van der Waals surface area contributed by atoms with Crippen LogP contribution in [-0.4, -0.2) is 37.3 Å². The molecule has 132 valence electrons. The van der Waals surface area contributed by atoms with Crippen LogP contribution in [0.4, 0.5) is 11.4 Å². The fourth-order valence-electron chi connectivity index (χ4n) is 3.51.